The van der Waals surface area contributed by atoms with Gasteiger partial charge in [-0.05, 0) is 24.8 Å². The molecule has 0 bridgehead atoms. The van der Waals surface area contributed by atoms with Gasteiger partial charge in [0.25, 0.3) is 0 Å². The Bertz CT molecular complexity index is 564. The van der Waals surface area contributed by atoms with Crippen molar-refractivity contribution in [2.24, 2.45) is 0 Å². The zero-order valence-corrected chi connectivity index (χ0v) is 13.4. The first-order valence-corrected chi connectivity index (χ1v) is 8.21. The van der Waals surface area contributed by atoms with Crippen molar-refractivity contribution >= 4 is 33.8 Å². The summed E-state index contributed by atoms with van der Waals surface area (Å²) in [5.41, 5.74) is 0.714. The van der Waals surface area contributed by atoms with Crippen LogP contribution in [-0.4, -0.2) is 18.1 Å². The molecule has 108 valence electrons. The topological polar surface area (TPSA) is 51.2 Å². The number of ether oxygens (including phenoxy) is 1. The Labute approximate surface area is 126 Å². The molecule has 0 aromatic carbocycles. The Hall–Kier alpha value is -1.40. The molecule has 20 heavy (non-hydrogen) atoms. The van der Waals surface area contributed by atoms with Crippen LogP contribution in [0.1, 0.15) is 46.0 Å². The molecule has 2 aromatic heterocycles. The molecule has 0 amide bonds. The van der Waals surface area contributed by atoms with Crippen LogP contribution in [-0.2, 0) is 4.74 Å². The minimum atomic E-state index is -0.323. The van der Waals surface area contributed by atoms with E-state index in [4.69, 9.17) is 4.74 Å². The number of nitrogens with zero attached hydrogens (tertiary/aromatic N) is 1. The lowest BCUT2D eigenvalue weighted by Crippen LogP contribution is -2.08. The number of carbonyl (C=O) groups excluding carboxylic acids is 1. The van der Waals surface area contributed by atoms with E-state index in [0.29, 0.717) is 10.6 Å². The Balaban J connectivity index is 2.17. The summed E-state index contributed by atoms with van der Waals surface area (Å²) in [6.45, 7) is 3.99. The van der Waals surface area contributed by atoms with Crippen molar-refractivity contribution in [3.05, 3.63) is 33.0 Å². The molecule has 4 nitrogen and oxygen atoms in total. The van der Waals surface area contributed by atoms with Crippen molar-refractivity contribution in [3.8, 4) is 0 Å². The number of aromatic nitrogens is 1. The van der Waals surface area contributed by atoms with Crippen LogP contribution < -0.4 is 5.32 Å². The molecule has 0 aliphatic carbocycles. The highest BCUT2D eigenvalue weighted by atomic mass is 32.1. The van der Waals surface area contributed by atoms with E-state index in [1.54, 1.807) is 11.3 Å². The minimum Gasteiger partial charge on any atom is -0.465 e. The molecule has 0 aliphatic heterocycles. The van der Waals surface area contributed by atoms with Gasteiger partial charge in [-0.2, -0.15) is 0 Å². The molecule has 1 N–H and O–H groups in total. The van der Waals surface area contributed by atoms with Crippen LogP contribution >= 0.6 is 22.7 Å². The summed E-state index contributed by atoms with van der Waals surface area (Å²) in [5, 5.41) is 6.28. The number of aryl methyl sites for hydroxylation is 1. The highest BCUT2D eigenvalue weighted by Gasteiger charge is 2.18. The van der Waals surface area contributed by atoms with E-state index in [1.165, 1.54) is 23.3 Å². The van der Waals surface area contributed by atoms with Gasteiger partial charge in [-0.1, -0.05) is 30.7 Å². The number of hydrogen-bond acceptors (Lipinski definition) is 6. The Morgan fingerprint density at radius 3 is 2.95 bits per heavy atom. The monoisotopic (exact) mass is 310 g/mol. The van der Waals surface area contributed by atoms with E-state index in [2.05, 4.69) is 34.7 Å². The second-order valence-corrected chi connectivity index (χ2v) is 6.40. The summed E-state index contributed by atoms with van der Waals surface area (Å²) in [4.78, 5) is 17.9. The lowest BCUT2D eigenvalue weighted by Gasteiger charge is -2.15. The maximum absolute atomic E-state index is 11.6. The number of thiophene rings is 1. The van der Waals surface area contributed by atoms with Crippen LogP contribution in [0.15, 0.2) is 17.5 Å². The van der Waals surface area contributed by atoms with Gasteiger partial charge in [0.05, 0.1) is 18.8 Å². The molecule has 2 rings (SSSR count). The number of carbonyl (C=O) groups is 1. The minimum absolute atomic E-state index is 0.246. The van der Waals surface area contributed by atoms with Gasteiger partial charge in [0.2, 0.25) is 0 Å². The maximum atomic E-state index is 11.6. The van der Waals surface area contributed by atoms with Gasteiger partial charge >= 0.3 is 5.97 Å². The smallest absolute Gasteiger partial charge is 0.350 e. The number of anilines is 1. The number of methoxy groups -OCH3 is 1. The van der Waals surface area contributed by atoms with Crippen molar-refractivity contribution in [1.29, 1.82) is 0 Å². The van der Waals surface area contributed by atoms with E-state index in [9.17, 15) is 4.79 Å². The zero-order chi connectivity index (χ0) is 14.5. The van der Waals surface area contributed by atoms with Crippen molar-refractivity contribution in [3.63, 3.8) is 0 Å². The molecular weight excluding hydrogens is 292 g/mol. The number of esters is 1. The first-order chi connectivity index (χ1) is 9.65. The SMILES string of the molecule is CCCC(Nc1nc(C)c(C(=O)OC)s1)c1cccs1. The third-order valence-corrected chi connectivity index (χ3v) is 4.98. The molecule has 1 atom stereocenters. The molecular formula is C14H18N2O2S2. The number of thiazole rings is 1. The third kappa shape index (κ3) is 3.37. The second kappa shape index (κ2) is 6.85. The Kier molecular flexibility index (Phi) is 5.14. The molecule has 1 unspecified atom stereocenters. The van der Waals surface area contributed by atoms with Gasteiger partial charge < -0.3 is 10.1 Å². The average Bonchev–Trinajstić information content (AvgIpc) is 3.07. The third-order valence-electron chi connectivity index (χ3n) is 2.93. The maximum Gasteiger partial charge on any atom is 0.350 e. The van der Waals surface area contributed by atoms with E-state index < -0.39 is 0 Å². The van der Waals surface area contributed by atoms with Crippen LogP contribution in [0, 0.1) is 6.92 Å². The summed E-state index contributed by atoms with van der Waals surface area (Å²) < 4.78 is 4.76. The van der Waals surface area contributed by atoms with Crippen molar-refractivity contribution in [1.82, 2.24) is 4.98 Å². The predicted octanol–water partition coefficient (Wildman–Crippen LogP) is 4.25. The van der Waals surface area contributed by atoms with Crippen molar-refractivity contribution < 1.29 is 9.53 Å². The van der Waals surface area contributed by atoms with Crippen molar-refractivity contribution in [2.75, 3.05) is 12.4 Å². The van der Waals surface area contributed by atoms with Gasteiger partial charge in [0.1, 0.15) is 4.88 Å². The molecule has 0 radical (unpaired) electrons. The van der Waals surface area contributed by atoms with Gasteiger partial charge in [-0.15, -0.1) is 11.3 Å². The van der Waals surface area contributed by atoms with Gasteiger partial charge in [0.15, 0.2) is 5.13 Å². The standard InChI is InChI=1S/C14H18N2O2S2/c1-4-6-10(11-7-5-8-19-11)16-14-15-9(2)12(20-14)13(17)18-3/h5,7-8,10H,4,6H2,1-3H3,(H,15,16). The first-order valence-electron chi connectivity index (χ1n) is 6.51. The van der Waals surface area contributed by atoms with Crippen LogP contribution in [0.3, 0.4) is 0 Å². The van der Waals surface area contributed by atoms with Gasteiger partial charge in [-0.3, -0.25) is 0 Å². The van der Waals surface area contributed by atoms with E-state index in [0.717, 1.165) is 18.0 Å². The molecule has 6 heteroatoms. The largest absolute Gasteiger partial charge is 0.465 e. The van der Waals surface area contributed by atoms with Crippen LogP contribution in [0.4, 0.5) is 5.13 Å². The number of rotatable bonds is 6. The number of hydrogen-bond donors (Lipinski definition) is 1. The summed E-state index contributed by atoms with van der Waals surface area (Å²) in [7, 11) is 1.39. The molecule has 0 aliphatic rings. The second-order valence-electron chi connectivity index (χ2n) is 4.43. The summed E-state index contributed by atoms with van der Waals surface area (Å²) in [6.07, 6.45) is 2.12. The van der Waals surface area contributed by atoms with Crippen molar-refractivity contribution in [2.45, 2.75) is 32.7 Å². The average molecular weight is 310 g/mol. The fourth-order valence-electron chi connectivity index (χ4n) is 1.95. The lowest BCUT2D eigenvalue weighted by molar-refractivity contribution is 0.0605. The summed E-state index contributed by atoms with van der Waals surface area (Å²) >= 11 is 3.09. The predicted molar refractivity (Wildman–Crippen MR) is 83.8 cm³/mol. The van der Waals surface area contributed by atoms with Gasteiger partial charge in [0, 0.05) is 4.88 Å². The molecule has 0 saturated heterocycles. The van der Waals surface area contributed by atoms with Crippen LogP contribution in [0.2, 0.25) is 0 Å². The summed E-state index contributed by atoms with van der Waals surface area (Å²) in [6, 6.07) is 4.42. The highest BCUT2D eigenvalue weighted by molar-refractivity contribution is 7.17. The quantitative estimate of drug-likeness (QED) is 0.810. The van der Waals surface area contributed by atoms with Crippen LogP contribution in [0.5, 0.6) is 0 Å². The Morgan fingerprint density at radius 1 is 1.55 bits per heavy atom. The van der Waals surface area contributed by atoms with E-state index >= 15 is 0 Å². The fraction of sp³-hybridized carbons (Fsp3) is 0.429. The highest BCUT2D eigenvalue weighted by Crippen LogP contribution is 2.31. The molecule has 0 spiro atoms. The molecule has 0 fully saturated rings. The van der Waals surface area contributed by atoms with Crippen LogP contribution in [0.25, 0.3) is 0 Å². The Morgan fingerprint density at radius 2 is 2.35 bits per heavy atom. The van der Waals surface area contributed by atoms with E-state index in [-0.39, 0.29) is 12.0 Å². The normalized spacial score (nSPS) is 12.2. The molecule has 2 heterocycles. The fourth-order valence-corrected chi connectivity index (χ4v) is 3.70. The zero-order valence-electron chi connectivity index (χ0n) is 11.8. The molecule has 0 saturated carbocycles. The number of nitrogens with one attached hydrogen (secondary N) is 1. The molecule has 2 aromatic rings. The van der Waals surface area contributed by atoms with E-state index in [1.807, 2.05) is 6.92 Å². The van der Waals surface area contributed by atoms with Gasteiger partial charge in [-0.25, -0.2) is 9.78 Å². The first kappa shape index (κ1) is 15.0. The lowest BCUT2D eigenvalue weighted by atomic mass is 10.1. The summed E-state index contributed by atoms with van der Waals surface area (Å²) in [5.74, 6) is -0.323.